The number of hydrogen-bond donors (Lipinski definition) is 1. The van der Waals surface area contributed by atoms with Crippen LogP contribution in [0.1, 0.15) is 0 Å². The van der Waals surface area contributed by atoms with Crippen molar-refractivity contribution in [2.24, 2.45) is 0 Å². The molecule has 96 valence electrons. The van der Waals surface area contributed by atoms with E-state index in [-0.39, 0.29) is 17.6 Å². The van der Waals surface area contributed by atoms with E-state index in [4.69, 9.17) is 5.73 Å². The van der Waals surface area contributed by atoms with Crippen LogP contribution in [0.4, 0.5) is 14.7 Å². The molecular weight excluding hydrogens is 316 g/mol. The number of halogens is 3. The standard InChI is InChI=1S/C13H8BrF2N3/c14-9-6-8(2-3-10(9)16)19-12-5-7(15)1-4-11(12)18-13(19)17/h1-6H,(H2,17,18). The molecule has 0 radical (unpaired) electrons. The van der Waals surface area contributed by atoms with Gasteiger partial charge in [0.1, 0.15) is 11.6 Å². The molecule has 1 aromatic heterocycles. The Bertz CT molecular complexity index is 783. The lowest BCUT2D eigenvalue weighted by molar-refractivity contribution is 0.620. The molecule has 3 nitrogen and oxygen atoms in total. The second-order valence-corrected chi connectivity index (χ2v) is 4.89. The molecule has 19 heavy (non-hydrogen) atoms. The zero-order chi connectivity index (χ0) is 13.6. The first kappa shape index (κ1) is 12.1. The van der Waals surface area contributed by atoms with Gasteiger partial charge in [0.2, 0.25) is 5.95 Å². The summed E-state index contributed by atoms with van der Waals surface area (Å²) in [6, 6.07) is 8.65. The maximum Gasteiger partial charge on any atom is 0.205 e. The predicted octanol–water partition coefficient (Wildman–Crippen LogP) is 3.65. The number of nitrogen functional groups attached to an aromatic ring is 1. The fourth-order valence-electron chi connectivity index (χ4n) is 1.96. The summed E-state index contributed by atoms with van der Waals surface area (Å²) in [5.41, 5.74) is 7.57. The van der Waals surface area contributed by atoms with Gasteiger partial charge in [-0.25, -0.2) is 13.8 Å². The quantitative estimate of drug-likeness (QED) is 0.742. The Labute approximate surface area is 115 Å². The normalized spacial score (nSPS) is 11.1. The molecule has 3 aromatic rings. The second kappa shape index (κ2) is 4.31. The Balaban J connectivity index is 2.31. The number of nitrogens with zero attached hydrogens (tertiary/aromatic N) is 2. The summed E-state index contributed by atoms with van der Waals surface area (Å²) in [6.45, 7) is 0. The average Bonchev–Trinajstić information content (AvgIpc) is 2.68. The molecular formula is C13H8BrF2N3. The van der Waals surface area contributed by atoms with Gasteiger partial charge >= 0.3 is 0 Å². The van der Waals surface area contributed by atoms with E-state index in [0.717, 1.165) is 0 Å². The second-order valence-electron chi connectivity index (χ2n) is 4.04. The minimum Gasteiger partial charge on any atom is -0.369 e. The summed E-state index contributed by atoms with van der Waals surface area (Å²) in [4.78, 5) is 4.15. The van der Waals surface area contributed by atoms with E-state index in [2.05, 4.69) is 20.9 Å². The van der Waals surface area contributed by atoms with Crippen LogP contribution >= 0.6 is 15.9 Å². The molecule has 2 aromatic carbocycles. The third-order valence-corrected chi connectivity index (χ3v) is 3.41. The molecule has 3 rings (SSSR count). The zero-order valence-electron chi connectivity index (χ0n) is 9.57. The molecule has 0 aliphatic carbocycles. The maximum atomic E-state index is 13.3. The van der Waals surface area contributed by atoms with E-state index in [1.165, 1.54) is 18.2 Å². The van der Waals surface area contributed by atoms with Crippen LogP contribution in [-0.2, 0) is 0 Å². The van der Waals surface area contributed by atoms with Crippen molar-refractivity contribution in [3.05, 3.63) is 52.5 Å². The minimum atomic E-state index is -0.380. The van der Waals surface area contributed by atoms with E-state index in [1.54, 1.807) is 22.8 Å². The molecule has 6 heteroatoms. The fourth-order valence-corrected chi connectivity index (χ4v) is 2.33. The molecule has 0 aliphatic heterocycles. The number of aromatic nitrogens is 2. The Morgan fingerprint density at radius 1 is 1.11 bits per heavy atom. The SMILES string of the molecule is Nc1nc2ccc(F)cc2n1-c1ccc(F)c(Br)c1. The first-order chi connectivity index (χ1) is 9.06. The smallest absolute Gasteiger partial charge is 0.205 e. The van der Waals surface area contributed by atoms with Crippen molar-refractivity contribution in [2.75, 3.05) is 5.73 Å². The summed E-state index contributed by atoms with van der Waals surface area (Å²) in [7, 11) is 0. The van der Waals surface area contributed by atoms with Crippen molar-refractivity contribution in [3.8, 4) is 5.69 Å². The molecule has 0 atom stereocenters. The van der Waals surface area contributed by atoms with Crippen molar-refractivity contribution in [1.29, 1.82) is 0 Å². The van der Waals surface area contributed by atoms with E-state index in [9.17, 15) is 8.78 Å². The molecule has 0 bridgehead atoms. The van der Waals surface area contributed by atoms with E-state index < -0.39 is 0 Å². The minimum absolute atomic E-state index is 0.221. The monoisotopic (exact) mass is 323 g/mol. The van der Waals surface area contributed by atoms with E-state index in [0.29, 0.717) is 21.2 Å². The molecule has 0 saturated heterocycles. The third kappa shape index (κ3) is 1.98. The molecule has 0 unspecified atom stereocenters. The highest BCUT2D eigenvalue weighted by Gasteiger charge is 2.12. The number of fused-ring (bicyclic) bond motifs is 1. The van der Waals surface area contributed by atoms with Crippen LogP contribution in [0.2, 0.25) is 0 Å². The largest absolute Gasteiger partial charge is 0.369 e. The summed E-state index contributed by atoms with van der Waals surface area (Å²) in [5.74, 6) is -0.535. The molecule has 2 N–H and O–H groups in total. The van der Waals surface area contributed by atoms with Gasteiger partial charge in [-0.2, -0.15) is 0 Å². The van der Waals surface area contributed by atoms with Crippen LogP contribution in [0.5, 0.6) is 0 Å². The maximum absolute atomic E-state index is 13.3. The average molecular weight is 324 g/mol. The zero-order valence-corrected chi connectivity index (χ0v) is 11.2. The van der Waals surface area contributed by atoms with Crippen LogP contribution in [-0.4, -0.2) is 9.55 Å². The van der Waals surface area contributed by atoms with Gasteiger partial charge in [-0.1, -0.05) is 0 Å². The van der Waals surface area contributed by atoms with Crippen LogP contribution < -0.4 is 5.73 Å². The summed E-state index contributed by atoms with van der Waals surface area (Å²) < 4.78 is 28.5. The van der Waals surface area contributed by atoms with Crippen molar-refractivity contribution >= 4 is 32.9 Å². The highest BCUT2D eigenvalue weighted by atomic mass is 79.9. The Kier molecular flexibility index (Phi) is 2.74. The number of hydrogen-bond acceptors (Lipinski definition) is 2. The number of benzene rings is 2. The van der Waals surface area contributed by atoms with Crippen molar-refractivity contribution in [1.82, 2.24) is 9.55 Å². The van der Waals surface area contributed by atoms with Gasteiger partial charge in [0.15, 0.2) is 0 Å². The van der Waals surface area contributed by atoms with Crippen LogP contribution in [0, 0.1) is 11.6 Å². The Hall–Kier alpha value is -1.95. The molecule has 1 heterocycles. The lowest BCUT2D eigenvalue weighted by atomic mass is 10.2. The van der Waals surface area contributed by atoms with Crippen molar-refractivity contribution in [3.63, 3.8) is 0 Å². The Morgan fingerprint density at radius 3 is 2.63 bits per heavy atom. The summed E-state index contributed by atoms with van der Waals surface area (Å²) in [6.07, 6.45) is 0. The van der Waals surface area contributed by atoms with Crippen LogP contribution in [0.25, 0.3) is 16.7 Å². The highest BCUT2D eigenvalue weighted by molar-refractivity contribution is 9.10. The van der Waals surface area contributed by atoms with Gasteiger partial charge in [-0.05, 0) is 46.3 Å². The van der Waals surface area contributed by atoms with Gasteiger partial charge in [0, 0.05) is 6.07 Å². The Morgan fingerprint density at radius 2 is 1.89 bits per heavy atom. The van der Waals surface area contributed by atoms with Gasteiger partial charge in [-0.15, -0.1) is 0 Å². The van der Waals surface area contributed by atoms with Gasteiger partial charge in [-0.3, -0.25) is 4.57 Å². The molecule has 0 amide bonds. The summed E-state index contributed by atoms with van der Waals surface area (Å²) >= 11 is 3.11. The first-order valence-corrected chi connectivity index (χ1v) is 6.24. The number of anilines is 1. The molecule has 0 aliphatic rings. The van der Waals surface area contributed by atoms with Crippen molar-refractivity contribution < 1.29 is 8.78 Å². The predicted molar refractivity (Wildman–Crippen MR) is 73.1 cm³/mol. The van der Waals surface area contributed by atoms with E-state index >= 15 is 0 Å². The lowest BCUT2D eigenvalue weighted by Crippen LogP contribution is -2.01. The highest BCUT2D eigenvalue weighted by Crippen LogP contribution is 2.26. The number of imidazole rings is 1. The van der Waals surface area contributed by atoms with Gasteiger partial charge in [0.05, 0.1) is 21.2 Å². The lowest BCUT2D eigenvalue weighted by Gasteiger charge is -2.07. The van der Waals surface area contributed by atoms with Crippen molar-refractivity contribution in [2.45, 2.75) is 0 Å². The first-order valence-electron chi connectivity index (χ1n) is 5.45. The van der Waals surface area contributed by atoms with Gasteiger partial charge < -0.3 is 5.73 Å². The number of rotatable bonds is 1. The van der Waals surface area contributed by atoms with Crippen LogP contribution in [0.15, 0.2) is 40.9 Å². The molecule has 0 spiro atoms. The summed E-state index contributed by atoms with van der Waals surface area (Å²) in [5, 5.41) is 0. The third-order valence-electron chi connectivity index (χ3n) is 2.80. The topological polar surface area (TPSA) is 43.8 Å². The fraction of sp³-hybridized carbons (Fsp3) is 0. The van der Waals surface area contributed by atoms with Gasteiger partial charge in [0.25, 0.3) is 0 Å². The molecule has 0 saturated carbocycles. The van der Waals surface area contributed by atoms with Crippen LogP contribution in [0.3, 0.4) is 0 Å². The number of nitrogens with two attached hydrogens (primary N) is 1. The van der Waals surface area contributed by atoms with E-state index in [1.807, 2.05) is 0 Å². The molecule has 0 fully saturated rings.